The predicted molar refractivity (Wildman–Crippen MR) is 85.1 cm³/mol. The Hall–Kier alpha value is -3.42. The second-order valence-electron chi connectivity index (χ2n) is 4.81. The monoisotopic (exact) mass is 326 g/mol. The highest BCUT2D eigenvalue weighted by molar-refractivity contribution is 5.93. The summed E-state index contributed by atoms with van der Waals surface area (Å²) in [5.74, 6) is -0.484. The standard InChI is InChI=1S/C16H14N4O4/c1-2-24-16(23)13-15(19-18-10-5-7-11(21)8-6-10)20-9-3-4-12(22)14(20)17-13/h3-9,21-22H,2H2,1H3. The van der Waals surface area contributed by atoms with Gasteiger partial charge in [0.25, 0.3) is 0 Å². The highest BCUT2D eigenvalue weighted by Crippen LogP contribution is 2.29. The lowest BCUT2D eigenvalue weighted by Crippen LogP contribution is -2.05. The van der Waals surface area contributed by atoms with Gasteiger partial charge in [-0.15, -0.1) is 10.2 Å². The number of hydrogen-bond donors (Lipinski definition) is 2. The van der Waals surface area contributed by atoms with Gasteiger partial charge >= 0.3 is 5.97 Å². The molecule has 3 rings (SSSR count). The number of phenols is 1. The number of carbonyl (C=O) groups is 1. The maximum atomic E-state index is 12.1. The van der Waals surface area contributed by atoms with Crippen LogP contribution >= 0.6 is 0 Å². The predicted octanol–water partition coefficient (Wildman–Crippen LogP) is 3.34. The van der Waals surface area contributed by atoms with Gasteiger partial charge in [-0.1, -0.05) is 0 Å². The summed E-state index contributed by atoms with van der Waals surface area (Å²) in [6.45, 7) is 1.87. The van der Waals surface area contributed by atoms with Crippen molar-refractivity contribution in [3.8, 4) is 11.5 Å². The molecule has 2 N–H and O–H groups in total. The number of nitrogens with zero attached hydrogens (tertiary/aromatic N) is 4. The van der Waals surface area contributed by atoms with Crippen LogP contribution in [0, 0.1) is 0 Å². The molecule has 24 heavy (non-hydrogen) atoms. The van der Waals surface area contributed by atoms with Crippen molar-refractivity contribution in [2.45, 2.75) is 6.92 Å². The van der Waals surface area contributed by atoms with Crippen molar-refractivity contribution in [1.29, 1.82) is 0 Å². The van der Waals surface area contributed by atoms with Gasteiger partial charge in [0, 0.05) is 6.20 Å². The van der Waals surface area contributed by atoms with Gasteiger partial charge in [-0.2, -0.15) is 0 Å². The lowest BCUT2D eigenvalue weighted by Gasteiger charge is -2.00. The molecule has 1 aromatic carbocycles. The van der Waals surface area contributed by atoms with E-state index in [0.29, 0.717) is 5.69 Å². The third kappa shape index (κ3) is 2.89. The van der Waals surface area contributed by atoms with Crippen molar-refractivity contribution >= 4 is 23.1 Å². The molecule has 0 radical (unpaired) electrons. The molecular weight excluding hydrogens is 312 g/mol. The van der Waals surface area contributed by atoms with E-state index < -0.39 is 5.97 Å². The second-order valence-corrected chi connectivity index (χ2v) is 4.81. The number of azo groups is 1. The largest absolute Gasteiger partial charge is 0.508 e. The van der Waals surface area contributed by atoms with Crippen molar-refractivity contribution < 1.29 is 19.7 Å². The maximum Gasteiger partial charge on any atom is 0.360 e. The van der Waals surface area contributed by atoms with E-state index in [4.69, 9.17) is 4.74 Å². The van der Waals surface area contributed by atoms with Crippen molar-refractivity contribution in [2.24, 2.45) is 10.2 Å². The van der Waals surface area contributed by atoms with Crippen LogP contribution in [0.2, 0.25) is 0 Å². The molecule has 0 spiro atoms. The molecule has 2 aromatic heterocycles. The van der Waals surface area contributed by atoms with E-state index >= 15 is 0 Å². The number of imidazole rings is 1. The number of pyridine rings is 1. The molecule has 122 valence electrons. The molecule has 0 aliphatic heterocycles. The van der Waals surface area contributed by atoms with Crippen LogP contribution in [0.3, 0.4) is 0 Å². The van der Waals surface area contributed by atoms with Gasteiger partial charge in [0.05, 0.1) is 12.3 Å². The SMILES string of the molecule is CCOC(=O)c1nc2c(O)cccn2c1N=Nc1ccc(O)cc1. The highest BCUT2D eigenvalue weighted by atomic mass is 16.5. The first-order chi connectivity index (χ1) is 11.6. The first-order valence-corrected chi connectivity index (χ1v) is 7.18. The molecule has 3 aromatic rings. The van der Waals surface area contributed by atoms with E-state index in [1.165, 1.54) is 22.6 Å². The molecule has 0 aliphatic carbocycles. The number of fused-ring (bicyclic) bond motifs is 1. The number of hydrogen-bond acceptors (Lipinski definition) is 7. The summed E-state index contributed by atoms with van der Waals surface area (Å²) >= 11 is 0. The van der Waals surface area contributed by atoms with Crippen LogP contribution in [0.25, 0.3) is 5.65 Å². The van der Waals surface area contributed by atoms with Gasteiger partial charge < -0.3 is 14.9 Å². The smallest absolute Gasteiger partial charge is 0.360 e. The Morgan fingerprint density at radius 3 is 2.67 bits per heavy atom. The molecular formula is C16H14N4O4. The third-order valence-corrected chi connectivity index (χ3v) is 3.18. The van der Waals surface area contributed by atoms with E-state index in [9.17, 15) is 15.0 Å². The van der Waals surface area contributed by atoms with Gasteiger partial charge in [0.15, 0.2) is 22.9 Å². The number of phenolic OH excluding ortho intramolecular Hbond substituents is 1. The Balaban J connectivity index is 2.10. The van der Waals surface area contributed by atoms with Crippen LogP contribution in [0.15, 0.2) is 52.8 Å². The van der Waals surface area contributed by atoms with Crippen LogP contribution in [-0.2, 0) is 4.74 Å². The topological polar surface area (TPSA) is 109 Å². The van der Waals surface area contributed by atoms with Crippen molar-refractivity contribution in [3.63, 3.8) is 0 Å². The van der Waals surface area contributed by atoms with E-state index in [2.05, 4.69) is 15.2 Å². The molecule has 0 atom stereocenters. The Morgan fingerprint density at radius 2 is 1.96 bits per heavy atom. The fraction of sp³-hybridized carbons (Fsp3) is 0.125. The number of carbonyl (C=O) groups excluding carboxylic acids is 1. The minimum Gasteiger partial charge on any atom is -0.508 e. The zero-order valence-electron chi connectivity index (χ0n) is 12.7. The molecule has 0 aliphatic rings. The van der Waals surface area contributed by atoms with Crippen molar-refractivity contribution in [3.05, 3.63) is 48.3 Å². The van der Waals surface area contributed by atoms with Crippen LogP contribution < -0.4 is 0 Å². The zero-order valence-corrected chi connectivity index (χ0v) is 12.7. The van der Waals surface area contributed by atoms with Crippen molar-refractivity contribution in [2.75, 3.05) is 6.61 Å². The summed E-state index contributed by atoms with van der Waals surface area (Å²) < 4.78 is 6.42. The summed E-state index contributed by atoms with van der Waals surface area (Å²) in [7, 11) is 0. The molecule has 8 heteroatoms. The van der Waals surface area contributed by atoms with Gasteiger partial charge in [-0.05, 0) is 43.3 Å². The van der Waals surface area contributed by atoms with E-state index in [1.54, 1.807) is 31.3 Å². The number of esters is 1. The molecule has 0 bridgehead atoms. The molecule has 2 heterocycles. The van der Waals surface area contributed by atoms with Gasteiger partial charge in [0.2, 0.25) is 0 Å². The number of aromatic hydroxyl groups is 2. The first kappa shape index (κ1) is 15.5. The molecule has 0 amide bonds. The second kappa shape index (κ2) is 6.37. The quantitative estimate of drug-likeness (QED) is 0.564. The van der Waals surface area contributed by atoms with Gasteiger partial charge in [-0.3, -0.25) is 4.40 Å². The number of benzene rings is 1. The zero-order chi connectivity index (χ0) is 17.1. The fourth-order valence-corrected chi connectivity index (χ4v) is 2.10. The minimum absolute atomic E-state index is 0.0409. The molecule has 0 saturated carbocycles. The number of ether oxygens (including phenoxy) is 1. The summed E-state index contributed by atoms with van der Waals surface area (Å²) in [6.07, 6.45) is 1.61. The normalized spacial score (nSPS) is 11.2. The van der Waals surface area contributed by atoms with Gasteiger partial charge in [0.1, 0.15) is 5.75 Å². The summed E-state index contributed by atoms with van der Waals surface area (Å²) in [4.78, 5) is 16.2. The van der Waals surface area contributed by atoms with E-state index in [-0.39, 0.29) is 35.3 Å². The molecule has 0 unspecified atom stereocenters. The number of aromatic nitrogens is 2. The van der Waals surface area contributed by atoms with Crippen LogP contribution in [0.5, 0.6) is 11.5 Å². The van der Waals surface area contributed by atoms with Gasteiger partial charge in [-0.25, -0.2) is 9.78 Å². The van der Waals surface area contributed by atoms with Crippen LogP contribution in [-0.4, -0.2) is 32.2 Å². The lowest BCUT2D eigenvalue weighted by molar-refractivity contribution is 0.0521. The van der Waals surface area contributed by atoms with Crippen LogP contribution in [0.4, 0.5) is 11.5 Å². The maximum absolute atomic E-state index is 12.1. The summed E-state index contributed by atoms with van der Waals surface area (Å²) in [5.41, 5.74) is 0.624. The summed E-state index contributed by atoms with van der Waals surface area (Å²) in [5, 5.41) is 27.3. The number of rotatable bonds is 4. The van der Waals surface area contributed by atoms with Crippen LogP contribution in [0.1, 0.15) is 17.4 Å². The molecule has 8 nitrogen and oxygen atoms in total. The Bertz CT molecular complexity index is 916. The first-order valence-electron chi connectivity index (χ1n) is 7.18. The average molecular weight is 326 g/mol. The Labute approximate surface area is 136 Å². The Morgan fingerprint density at radius 1 is 1.21 bits per heavy atom. The lowest BCUT2D eigenvalue weighted by atomic mass is 10.3. The fourth-order valence-electron chi connectivity index (χ4n) is 2.10. The highest BCUT2D eigenvalue weighted by Gasteiger charge is 2.21. The minimum atomic E-state index is -0.653. The molecule has 0 fully saturated rings. The van der Waals surface area contributed by atoms with Crippen molar-refractivity contribution in [1.82, 2.24) is 9.38 Å². The third-order valence-electron chi connectivity index (χ3n) is 3.18. The average Bonchev–Trinajstić information content (AvgIpc) is 2.95. The Kier molecular flexibility index (Phi) is 4.11. The van der Waals surface area contributed by atoms with E-state index in [1.807, 2.05) is 0 Å². The molecule has 0 saturated heterocycles. The summed E-state index contributed by atoms with van der Waals surface area (Å²) in [6, 6.07) is 9.14. The van der Waals surface area contributed by atoms with E-state index in [0.717, 1.165) is 0 Å².